The minimum atomic E-state index is -0.0396. The van der Waals surface area contributed by atoms with Crippen LogP contribution >= 0.6 is 0 Å². The van der Waals surface area contributed by atoms with E-state index in [-0.39, 0.29) is 23.9 Å². The summed E-state index contributed by atoms with van der Waals surface area (Å²) in [4.78, 5) is 0. The second-order valence-electron chi connectivity index (χ2n) is 5.26. The van der Waals surface area contributed by atoms with Crippen LogP contribution in [-0.4, -0.2) is 10.9 Å². The van der Waals surface area contributed by atoms with E-state index < -0.39 is 0 Å². The van der Waals surface area contributed by atoms with Gasteiger partial charge in [-0.15, -0.1) is 0 Å². The highest BCUT2D eigenvalue weighted by Crippen LogP contribution is 2.38. The van der Waals surface area contributed by atoms with E-state index in [0.717, 1.165) is 17.2 Å². The van der Waals surface area contributed by atoms with E-state index >= 15 is 0 Å². The van der Waals surface area contributed by atoms with Crippen LogP contribution in [0.25, 0.3) is 0 Å². The van der Waals surface area contributed by atoms with E-state index in [4.69, 9.17) is 8.83 Å². The first kappa shape index (κ1) is 13.0. The van der Waals surface area contributed by atoms with Crippen LogP contribution in [0.15, 0.2) is 50.8 Å². The minimum absolute atomic E-state index is 0.0396. The van der Waals surface area contributed by atoms with E-state index in [9.17, 15) is 5.21 Å². The quantitative estimate of drug-likeness (QED) is 0.650. The molecular weight excluding hydrogens is 256 g/mol. The third-order valence-electron chi connectivity index (χ3n) is 4.11. The zero-order chi connectivity index (χ0) is 14.1. The number of rotatable bonds is 2. The smallest absolute Gasteiger partial charge is 0.121 e. The van der Waals surface area contributed by atoms with Crippen molar-refractivity contribution in [3.63, 3.8) is 0 Å². The Morgan fingerprint density at radius 1 is 1.00 bits per heavy atom. The van der Waals surface area contributed by atoms with E-state index in [1.165, 1.54) is 0 Å². The Balaban J connectivity index is 1.97. The zero-order valence-corrected chi connectivity index (χ0v) is 11.5. The molecule has 0 spiro atoms. The van der Waals surface area contributed by atoms with Gasteiger partial charge < -0.3 is 14.0 Å². The van der Waals surface area contributed by atoms with Crippen molar-refractivity contribution in [3.8, 4) is 0 Å². The fraction of sp³-hybridized carbons (Fsp3) is 0.400. The molecule has 1 fully saturated rings. The van der Waals surface area contributed by atoms with Gasteiger partial charge in [0.25, 0.3) is 0 Å². The normalized spacial score (nSPS) is 32.6. The molecule has 2 aromatic heterocycles. The Morgan fingerprint density at radius 3 is 1.85 bits per heavy atom. The Hall–Kier alpha value is -2.01. The van der Waals surface area contributed by atoms with Crippen LogP contribution in [0.4, 0.5) is 0 Å². The topological polar surface area (TPSA) is 70.9 Å². The molecule has 20 heavy (non-hydrogen) atoms. The second kappa shape index (κ2) is 5.17. The summed E-state index contributed by atoms with van der Waals surface area (Å²) >= 11 is 0. The molecule has 1 aliphatic rings. The van der Waals surface area contributed by atoms with Gasteiger partial charge in [-0.2, -0.15) is 0 Å². The molecule has 0 unspecified atom stereocenters. The first-order valence-electron chi connectivity index (χ1n) is 6.77. The molecule has 1 aliphatic heterocycles. The van der Waals surface area contributed by atoms with Crippen molar-refractivity contribution in [3.05, 3.63) is 48.3 Å². The molecule has 0 radical (unpaired) electrons. The third-order valence-corrected chi connectivity index (χ3v) is 4.11. The number of nitrogens with zero attached hydrogens (tertiary/aromatic N) is 1. The average molecular weight is 274 g/mol. The van der Waals surface area contributed by atoms with Gasteiger partial charge in [0.15, 0.2) is 0 Å². The van der Waals surface area contributed by atoms with Crippen molar-refractivity contribution in [2.75, 3.05) is 0 Å². The van der Waals surface area contributed by atoms with Crippen LogP contribution in [0.1, 0.15) is 37.5 Å². The molecule has 3 rings (SSSR count). The van der Waals surface area contributed by atoms with Crippen LogP contribution < -0.4 is 5.32 Å². The standard InChI is InChI=1S/C15H18N2O3/c1-9-13(17-18)10(2)15(12-6-4-8-20-12)16-14(9)11-5-3-7-19-11/h3-10,14-16,18H,1-2H3/t9-,10+,14-,15-/m0/s1. The van der Waals surface area contributed by atoms with Crippen molar-refractivity contribution in [2.24, 2.45) is 17.0 Å². The van der Waals surface area contributed by atoms with Gasteiger partial charge in [0.1, 0.15) is 11.5 Å². The highest BCUT2D eigenvalue weighted by atomic mass is 16.4. The SMILES string of the molecule is C[C@@H]1C(=NO)[C@H](C)[C@@H](c2ccco2)N[C@@H]1c1ccco1. The highest BCUT2D eigenvalue weighted by molar-refractivity contribution is 5.90. The fourth-order valence-electron chi connectivity index (χ4n) is 3.01. The van der Waals surface area contributed by atoms with Gasteiger partial charge in [0, 0.05) is 11.8 Å². The monoisotopic (exact) mass is 274 g/mol. The van der Waals surface area contributed by atoms with Crippen LogP contribution in [0.3, 0.4) is 0 Å². The molecule has 3 heterocycles. The first-order chi connectivity index (χ1) is 9.72. The summed E-state index contributed by atoms with van der Waals surface area (Å²) in [7, 11) is 0. The van der Waals surface area contributed by atoms with E-state index in [1.807, 2.05) is 38.1 Å². The lowest BCUT2D eigenvalue weighted by molar-refractivity contribution is 0.236. The predicted molar refractivity (Wildman–Crippen MR) is 73.6 cm³/mol. The highest BCUT2D eigenvalue weighted by Gasteiger charge is 2.41. The molecule has 0 saturated carbocycles. The fourth-order valence-corrected chi connectivity index (χ4v) is 3.01. The summed E-state index contributed by atoms with van der Waals surface area (Å²) in [5.41, 5.74) is 0.756. The van der Waals surface area contributed by atoms with Crippen LogP contribution in [0.5, 0.6) is 0 Å². The van der Waals surface area contributed by atoms with Gasteiger partial charge in [0.2, 0.25) is 0 Å². The molecule has 1 saturated heterocycles. The minimum Gasteiger partial charge on any atom is -0.468 e. The molecule has 4 atom stereocenters. The first-order valence-corrected chi connectivity index (χ1v) is 6.77. The largest absolute Gasteiger partial charge is 0.468 e. The van der Waals surface area contributed by atoms with Crippen LogP contribution in [0, 0.1) is 11.8 Å². The number of furan rings is 2. The number of piperidine rings is 1. The summed E-state index contributed by atoms with van der Waals surface area (Å²) in [6, 6.07) is 7.50. The summed E-state index contributed by atoms with van der Waals surface area (Å²) in [6.45, 7) is 4.06. The lowest BCUT2D eigenvalue weighted by Gasteiger charge is -2.38. The van der Waals surface area contributed by atoms with Crippen molar-refractivity contribution < 1.29 is 14.0 Å². The Morgan fingerprint density at radius 2 is 1.50 bits per heavy atom. The number of hydrogen-bond acceptors (Lipinski definition) is 5. The van der Waals surface area contributed by atoms with Gasteiger partial charge >= 0.3 is 0 Å². The molecule has 0 bridgehead atoms. The van der Waals surface area contributed by atoms with Crippen molar-refractivity contribution in [1.29, 1.82) is 0 Å². The van der Waals surface area contributed by atoms with Gasteiger partial charge in [0.05, 0.1) is 30.3 Å². The molecular formula is C15H18N2O3. The number of oxime groups is 1. The summed E-state index contributed by atoms with van der Waals surface area (Å²) in [6.07, 6.45) is 3.30. The van der Waals surface area contributed by atoms with Gasteiger partial charge in [-0.05, 0) is 24.3 Å². The molecule has 2 N–H and O–H groups in total. The molecule has 0 aromatic carbocycles. The summed E-state index contributed by atoms with van der Waals surface area (Å²) in [5, 5.41) is 16.4. The van der Waals surface area contributed by atoms with E-state index in [1.54, 1.807) is 12.5 Å². The number of nitrogens with one attached hydrogen (secondary N) is 1. The summed E-state index contributed by atoms with van der Waals surface area (Å²) in [5.74, 6) is 1.77. The van der Waals surface area contributed by atoms with E-state index in [0.29, 0.717) is 0 Å². The average Bonchev–Trinajstić information content (AvgIpc) is 3.12. The van der Waals surface area contributed by atoms with Gasteiger partial charge in [-0.25, -0.2) is 0 Å². The maximum Gasteiger partial charge on any atom is 0.121 e. The van der Waals surface area contributed by atoms with Crippen molar-refractivity contribution >= 4 is 5.71 Å². The zero-order valence-electron chi connectivity index (χ0n) is 11.5. The maximum absolute atomic E-state index is 9.36. The van der Waals surface area contributed by atoms with Crippen LogP contribution in [-0.2, 0) is 0 Å². The Bertz CT molecular complexity index is 526. The summed E-state index contributed by atoms with van der Waals surface area (Å²) < 4.78 is 11.0. The van der Waals surface area contributed by atoms with Crippen LogP contribution in [0.2, 0.25) is 0 Å². The third kappa shape index (κ3) is 2.04. The second-order valence-corrected chi connectivity index (χ2v) is 5.26. The predicted octanol–water partition coefficient (Wildman–Crippen LogP) is 3.36. The van der Waals surface area contributed by atoms with E-state index in [2.05, 4.69) is 10.5 Å². The molecule has 5 heteroatoms. The molecule has 0 amide bonds. The number of hydrogen-bond donors (Lipinski definition) is 2. The van der Waals surface area contributed by atoms with Crippen molar-refractivity contribution in [1.82, 2.24) is 5.32 Å². The lowest BCUT2D eigenvalue weighted by atomic mass is 9.78. The maximum atomic E-state index is 9.36. The molecule has 2 aromatic rings. The van der Waals surface area contributed by atoms with Gasteiger partial charge in [-0.1, -0.05) is 19.0 Å². The Labute approximate surface area is 117 Å². The van der Waals surface area contributed by atoms with Gasteiger partial charge in [-0.3, -0.25) is 5.32 Å². The lowest BCUT2D eigenvalue weighted by Crippen LogP contribution is -2.46. The molecule has 5 nitrogen and oxygen atoms in total. The molecule has 0 aliphatic carbocycles. The van der Waals surface area contributed by atoms with Crippen molar-refractivity contribution in [2.45, 2.75) is 25.9 Å². The Kier molecular flexibility index (Phi) is 3.36. The molecule has 106 valence electrons.